The first-order chi connectivity index (χ1) is 14.7. The highest BCUT2D eigenvalue weighted by Gasteiger charge is 2.27. The number of ether oxygens (including phenoxy) is 3. The molecule has 1 unspecified atom stereocenters. The quantitative estimate of drug-likeness (QED) is 0.627. The van der Waals surface area contributed by atoms with Crippen molar-refractivity contribution < 1.29 is 14.2 Å². The molecule has 5 heteroatoms. The fourth-order valence-electron chi connectivity index (χ4n) is 4.19. The smallest absolute Gasteiger partial charge is 0.161 e. The summed E-state index contributed by atoms with van der Waals surface area (Å²) in [5.41, 5.74) is 5.04. The van der Waals surface area contributed by atoms with Crippen LogP contribution < -0.4 is 19.5 Å². The Balaban J connectivity index is 1.95. The molecule has 1 aliphatic rings. The van der Waals surface area contributed by atoms with E-state index in [1.807, 2.05) is 0 Å². The average molecular weight is 427 g/mol. The lowest BCUT2D eigenvalue weighted by Crippen LogP contribution is -2.31. The highest BCUT2D eigenvalue weighted by atomic mass is 16.5. The number of fused-ring (bicyclic) bond motifs is 1. The van der Waals surface area contributed by atoms with E-state index in [0.717, 1.165) is 43.2 Å². The van der Waals surface area contributed by atoms with E-state index < -0.39 is 0 Å². The van der Waals surface area contributed by atoms with E-state index in [1.54, 1.807) is 14.2 Å². The van der Waals surface area contributed by atoms with Gasteiger partial charge in [-0.3, -0.25) is 0 Å². The first-order valence-electron chi connectivity index (χ1n) is 11.1. The largest absolute Gasteiger partial charge is 0.496 e. The second-order valence-electron chi connectivity index (χ2n) is 9.55. The van der Waals surface area contributed by atoms with E-state index in [9.17, 15) is 0 Å². The van der Waals surface area contributed by atoms with Crippen LogP contribution in [0.15, 0.2) is 30.3 Å². The molecular weight excluding hydrogens is 388 g/mol. The normalized spacial score (nSPS) is 16.2. The summed E-state index contributed by atoms with van der Waals surface area (Å²) in [6, 6.07) is 11.0. The SMILES string of the molecule is COc1cc2c(cc1OCCCN(C)C)C(c1ccc(OC)c(C(C)(C)C)c1)NCC2. The van der Waals surface area contributed by atoms with Crippen molar-refractivity contribution in [3.05, 3.63) is 52.6 Å². The Bertz CT molecular complexity index is 887. The molecule has 0 spiro atoms. The first-order valence-corrected chi connectivity index (χ1v) is 11.1. The van der Waals surface area contributed by atoms with Gasteiger partial charge in [-0.2, -0.15) is 0 Å². The Morgan fingerprint density at radius 3 is 2.39 bits per heavy atom. The molecule has 1 N–H and O–H groups in total. The summed E-state index contributed by atoms with van der Waals surface area (Å²) in [6.07, 6.45) is 1.95. The fourth-order valence-corrected chi connectivity index (χ4v) is 4.19. The van der Waals surface area contributed by atoms with Crippen LogP contribution in [0, 0.1) is 0 Å². The van der Waals surface area contributed by atoms with Gasteiger partial charge in [0.15, 0.2) is 11.5 Å². The van der Waals surface area contributed by atoms with Gasteiger partial charge in [0.2, 0.25) is 0 Å². The van der Waals surface area contributed by atoms with Crippen molar-refractivity contribution in [3.8, 4) is 17.2 Å². The Kier molecular flexibility index (Phi) is 7.50. The molecule has 3 rings (SSSR count). The molecule has 0 saturated heterocycles. The Hall–Kier alpha value is -2.24. The minimum Gasteiger partial charge on any atom is -0.496 e. The molecule has 170 valence electrons. The van der Waals surface area contributed by atoms with Crippen molar-refractivity contribution in [3.63, 3.8) is 0 Å². The van der Waals surface area contributed by atoms with E-state index in [2.05, 4.69) is 75.4 Å². The van der Waals surface area contributed by atoms with Gasteiger partial charge in [0.05, 0.1) is 26.9 Å². The predicted molar refractivity (Wildman–Crippen MR) is 127 cm³/mol. The lowest BCUT2D eigenvalue weighted by molar-refractivity contribution is 0.267. The minimum absolute atomic E-state index is 0.000528. The van der Waals surface area contributed by atoms with Crippen LogP contribution in [0.2, 0.25) is 0 Å². The third kappa shape index (κ3) is 5.52. The third-order valence-electron chi connectivity index (χ3n) is 5.85. The summed E-state index contributed by atoms with van der Waals surface area (Å²) in [7, 11) is 7.61. The number of rotatable bonds is 8. The van der Waals surface area contributed by atoms with Crippen LogP contribution in [0.3, 0.4) is 0 Å². The molecule has 0 saturated carbocycles. The summed E-state index contributed by atoms with van der Waals surface area (Å²) in [5.74, 6) is 2.57. The van der Waals surface area contributed by atoms with Gasteiger partial charge in [0.1, 0.15) is 5.75 Å². The molecule has 0 fully saturated rings. The Morgan fingerprint density at radius 2 is 1.74 bits per heavy atom. The number of nitrogens with one attached hydrogen (secondary N) is 1. The van der Waals surface area contributed by atoms with E-state index in [-0.39, 0.29) is 11.5 Å². The van der Waals surface area contributed by atoms with Crippen LogP contribution >= 0.6 is 0 Å². The monoisotopic (exact) mass is 426 g/mol. The Labute approximate surface area is 187 Å². The molecule has 0 amide bonds. The van der Waals surface area contributed by atoms with Gasteiger partial charge >= 0.3 is 0 Å². The number of hydrogen-bond donors (Lipinski definition) is 1. The fraction of sp³-hybridized carbons (Fsp3) is 0.538. The summed E-state index contributed by atoms with van der Waals surface area (Å²) >= 11 is 0. The molecule has 0 bridgehead atoms. The number of benzene rings is 2. The molecule has 2 aromatic carbocycles. The summed E-state index contributed by atoms with van der Waals surface area (Å²) < 4.78 is 17.4. The standard InChI is InChI=1S/C26H38N2O3/c1-26(2,3)21-15-19(9-10-22(21)29-6)25-20-17-24(31-14-8-13-28(4)5)23(30-7)16-18(20)11-12-27-25/h9-10,15-17,25,27H,8,11-14H2,1-7H3. The van der Waals surface area contributed by atoms with Crippen LogP contribution in [0.25, 0.3) is 0 Å². The van der Waals surface area contributed by atoms with Crippen LogP contribution in [0.1, 0.15) is 55.5 Å². The molecule has 0 radical (unpaired) electrons. The molecule has 1 atom stereocenters. The van der Waals surface area contributed by atoms with Crippen LogP contribution in [-0.4, -0.2) is 52.9 Å². The van der Waals surface area contributed by atoms with Crippen LogP contribution in [-0.2, 0) is 11.8 Å². The van der Waals surface area contributed by atoms with Gasteiger partial charge in [0.25, 0.3) is 0 Å². The van der Waals surface area contributed by atoms with Gasteiger partial charge in [-0.05, 0) is 78.9 Å². The molecule has 0 aliphatic carbocycles. The maximum absolute atomic E-state index is 6.14. The second kappa shape index (κ2) is 9.92. The minimum atomic E-state index is -0.000528. The van der Waals surface area contributed by atoms with Gasteiger partial charge in [0, 0.05) is 13.1 Å². The zero-order valence-corrected chi connectivity index (χ0v) is 20.2. The topological polar surface area (TPSA) is 43.0 Å². The van der Waals surface area contributed by atoms with Crippen molar-refractivity contribution in [1.29, 1.82) is 0 Å². The predicted octanol–water partition coefficient (Wildman–Crippen LogP) is 4.57. The number of nitrogens with zero attached hydrogens (tertiary/aromatic N) is 1. The molecule has 0 aromatic heterocycles. The first kappa shape index (κ1) is 23.4. The molecule has 1 aliphatic heterocycles. The summed E-state index contributed by atoms with van der Waals surface area (Å²) in [5, 5.41) is 3.71. The number of hydrogen-bond acceptors (Lipinski definition) is 5. The summed E-state index contributed by atoms with van der Waals surface area (Å²) in [6.45, 7) is 9.27. The zero-order valence-electron chi connectivity index (χ0n) is 20.2. The molecule has 2 aromatic rings. The molecular formula is C26H38N2O3. The lowest BCUT2D eigenvalue weighted by atomic mass is 9.82. The van der Waals surface area contributed by atoms with Gasteiger partial charge in [-0.15, -0.1) is 0 Å². The molecule has 5 nitrogen and oxygen atoms in total. The van der Waals surface area contributed by atoms with Crippen molar-refractivity contribution in [2.45, 2.75) is 45.1 Å². The maximum Gasteiger partial charge on any atom is 0.161 e. The Morgan fingerprint density at radius 1 is 1.00 bits per heavy atom. The van der Waals surface area contributed by atoms with Crippen molar-refractivity contribution in [2.24, 2.45) is 0 Å². The maximum atomic E-state index is 6.14. The van der Waals surface area contributed by atoms with E-state index in [0.29, 0.717) is 6.61 Å². The highest BCUT2D eigenvalue weighted by molar-refractivity contribution is 5.53. The molecule has 31 heavy (non-hydrogen) atoms. The van der Waals surface area contributed by atoms with Crippen molar-refractivity contribution >= 4 is 0 Å². The van der Waals surface area contributed by atoms with Gasteiger partial charge < -0.3 is 24.4 Å². The van der Waals surface area contributed by atoms with Crippen molar-refractivity contribution in [2.75, 3.05) is 48.0 Å². The van der Waals surface area contributed by atoms with Crippen molar-refractivity contribution in [1.82, 2.24) is 10.2 Å². The average Bonchev–Trinajstić information content (AvgIpc) is 2.74. The lowest BCUT2D eigenvalue weighted by Gasteiger charge is -2.30. The van der Waals surface area contributed by atoms with E-state index in [1.165, 1.54) is 22.3 Å². The molecule has 1 heterocycles. The van der Waals surface area contributed by atoms with Gasteiger partial charge in [-0.1, -0.05) is 26.8 Å². The van der Waals surface area contributed by atoms with Crippen LogP contribution in [0.4, 0.5) is 0 Å². The van der Waals surface area contributed by atoms with Crippen LogP contribution in [0.5, 0.6) is 17.2 Å². The van der Waals surface area contributed by atoms with E-state index >= 15 is 0 Å². The summed E-state index contributed by atoms with van der Waals surface area (Å²) in [4.78, 5) is 2.17. The second-order valence-corrected chi connectivity index (χ2v) is 9.55. The zero-order chi connectivity index (χ0) is 22.6. The third-order valence-corrected chi connectivity index (χ3v) is 5.85. The highest BCUT2D eigenvalue weighted by Crippen LogP contribution is 2.40. The van der Waals surface area contributed by atoms with E-state index in [4.69, 9.17) is 14.2 Å². The van der Waals surface area contributed by atoms with Gasteiger partial charge in [-0.25, -0.2) is 0 Å². The number of methoxy groups -OCH3 is 2.